The lowest BCUT2D eigenvalue weighted by molar-refractivity contribution is 0.811. The normalized spacial score (nSPS) is 10.5. The number of hydrogen-bond acceptors (Lipinski definition) is 5. The van der Waals surface area contributed by atoms with Crippen molar-refractivity contribution in [2.24, 2.45) is 0 Å². The molecule has 0 aliphatic heterocycles. The van der Waals surface area contributed by atoms with Crippen LogP contribution >= 0.6 is 23.2 Å². The summed E-state index contributed by atoms with van der Waals surface area (Å²) in [5.74, 6) is 1.41. The zero-order chi connectivity index (χ0) is 12.1. The molecule has 0 bridgehead atoms. The number of H-pyrrole nitrogens is 1. The molecule has 2 N–H and O–H groups in total. The monoisotopic (exact) mass is 272 g/mol. The Bertz CT molecular complexity index is 472. The molecular weight excluding hydrogens is 263 g/mol. The van der Waals surface area contributed by atoms with Crippen LogP contribution in [0.15, 0.2) is 12.4 Å². The molecule has 0 amide bonds. The van der Waals surface area contributed by atoms with Crippen LogP contribution in [0, 0.1) is 0 Å². The van der Waals surface area contributed by atoms with Gasteiger partial charge in [0.2, 0.25) is 5.28 Å². The lowest BCUT2D eigenvalue weighted by atomic mass is 10.3. The quantitative estimate of drug-likeness (QED) is 0.814. The summed E-state index contributed by atoms with van der Waals surface area (Å²) < 4.78 is 0. The first-order valence-corrected chi connectivity index (χ1v) is 5.79. The van der Waals surface area contributed by atoms with E-state index in [1.165, 1.54) is 0 Å². The predicted molar refractivity (Wildman–Crippen MR) is 65.2 cm³/mol. The van der Waals surface area contributed by atoms with E-state index >= 15 is 0 Å². The molecule has 6 nitrogen and oxygen atoms in total. The van der Waals surface area contributed by atoms with Crippen molar-refractivity contribution in [3.8, 4) is 0 Å². The van der Waals surface area contributed by atoms with E-state index < -0.39 is 0 Å². The highest BCUT2D eigenvalue weighted by Crippen LogP contribution is 2.16. The highest BCUT2D eigenvalue weighted by molar-refractivity contribution is 6.32. The smallest absolute Gasteiger partial charge is 0.245 e. The largest absolute Gasteiger partial charge is 0.367 e. The first-order valence-electron chi connectivity index (χ1n) is 5.03. The molecule has 0 aliphatic rings. The summed E-state index contributed by atoms with van der Waals surface area (Å²) in [7, 11) is 0. The number of aromatic nitrogens is 5. The number of rotatable bonds is 5. The average Bonchev–Trinajstić information content (AvgIpc) is 2.82. The molecule has 0 saturated carbocycles. The van der Waals surface area contributed by atoms with Gasteiger partial charge in [-0.25, -0.2) is 4.98 Å². The van der Waals surface area contributed by atoms with Crippen LogP contribution in [0.2, 0.25) is 10.4 Å². The molecule has 0 aliphatic carbocycles. The van der Waals surface area contributed by atoms with E-state index in [1.807, 2.05) is 0 Å². The van der Waals surface area contributed by atoms with E-state index in [-0.39, 0.29) is 10.4 Å². The van der Waals surface area contributed by atoms with Gasteiger partial charge in [-0.15, -0.1) is 10.2 Å². The van der Waals surface area contributed by atoms with Crippen LogP contribution in [0.25, 0.3) is 0 Å². The third-order valence-electron chi connectivity index (χ3n) is 2.06. The number of nitrogens with zero attached hydrogens (tertiary/aromatic N) is 4. The molecule has 90 valence electrons. The molecule has 0 atom stereocenters. The van der Waals surface area contributed by atoms with Crippen LogP contribution in [-0.2, 0) is 6.42 Å². The zero-order valence-electron chi connectivity index (χ0n) is 8.82. The van der Waals surface area contributed by atoms with Gasteiger partial charge in [0, 0.05) is 25.4 Å². The van der Waals surface area contributed by atoms with E-state index in [4.69, 9.17) is 23.2 Å². The Morgan fingerprint density at radius 2 is 2.18 bits per heavy atom. The molecule has 0 unspecified atom stereocenters. The number of imidazole rings is 1. The second-order valence-electron chi connectivity index (χ2n) is 3.29. The molecular formula is C9H10Cl2N6. The standard InChI is InChI=1S/C9H10Cl2N6/c10-7-8(15-9(11)17-16-7)14-3-1-2-6-12-4-5-13-6/h4-5H,1-3H2,(H,12,13)(H,14,15,17). The second kappa shape index (κ2) is 5.79. The average molecular weight is 273 g/mol. The summed E-state index contributed by atoms with van der Waals surface area (Å²) in [6.07, 6.45) is 5.27. The summed E-state index contributed by atoms with van der Waals surface area (Å²) in [6, 6.07) is 0. The Balaban J connectivity index is 1.80. The van der Waals surface area contributed by atoms with Gasteiger partial charge in [0.25, 0.3) is 0 Å². The van der Waals surface area contributed by atoms with E-state index in [1.54, 1.807) is 12.4 Å². The fourth-order valence-electron chi connectivity index (χ4n) is 1.30. The SMILES string of the molecule is Clc1nnc(Cl)c(NCCCc2ncc[nH]2)n1. The fourth-order valence-corrected chi connectivity index (χ4v) is 1.57. The zero-order valence-corrected chi connectivity index (χ0v) is 10.3. The van der Waals surface area contributed by atoms with Crippen molar-refractivity contribution in [2.45, 2.75) is 12.8 Å². The minimum absolute atomic E-state index is 0.0722. The number of nitrogens with one attached hydrogen (secondary N) is 2. The Morgan fingerprint density at radius 3 is 2.94 bits per heavy atom. The summed E-state index contributed by atoms with van der Waals surface area (Å²) in [4.78, 5) is 11.1. The van der Waals surface area contributed by atoms with E-state index in [9.17, 15) is 0 Å². The molecule has 17 heavy (non-hydrogen) atoms. The van der Waals surface area contributed by atoms with Gasteiger partial charge < -0.3 is 10.3 Å². The van der Waals surface area contributed by atoms with Gasteiger partial charge in [0.15, 0.2) is 11.0 Å². The highest BCUT2D eigenvalue weighted by Gasteiger charge is 2.05. The van der Waals surface area contributed by atoms with Crippen molar-refractivity contribution >= 4 is 29.0 Å². The van der Waals surface area contributed by atoms with Gasteiger partial charge in [0.1, 0.15) is 5.82 Å². The van der Waals surface area contributed by atoms with Gasteiger partial charge in [-0.05, 0) is 18.0 Å². The van der Waals surface area contributed by atoms with Crippen molar-refractivity contribution in [1.82, 2.24) is 25.1 Å². The van der Waals surface area contributed by atoms with Crippen molar-refractivity contribution in [3.63, 3.8) is 0 Å². The van der Waals surface area contributed by atoms with Gasteiger partial charge in [-0.1, -0.05) is 11.6 Å². The Hall–Kier alpha value is -1.40. The number of aromatic amines is 1. The minimum atomic E-state index is 0.0722. The van der Waals surface area contributed by atoms with Crippen molar-refractivity contribution in [2.75, 3.05) is 11.9 Å². The first-order chi connectivity index (χ1) is 8.25. The van der Waals surface area contributed by atoms with E-state index in [2.05, 4.69) is 30.5 Å². The van der Waals surface area contributed by atoms with Crippen LogP contribution in [0.3, 0.4) is 0 Å². The number of anilines is 1. The summed E-state index contributed by atoms with van der Waals surface area (Å²) >= 11 is 11.4. The van der Waals surface area contributed by atoms with Crippen LogP contribution < -0.4 is 5.32 Å². The molecule has 2 aromatic rings. The molecule has 2 heterocycles. The van der Waals surface area contributed by atoms with E-state index in [0.29, 0.717) is 12.4 Å². The molecule has 2 aromatic heterocycles. The van der Waals surface area contributed by atoms with Gasteiger partial charge in [-0.3, -0.25) is 0 Å². The van der Waals surface area contributed by atoms with Crippen LogP contribution in [-0.4, -0.2) is 31.7 Å². The summed E-state index contributed by atoms with van der Waals surface area (Å²) in [6.45, 7) is 0.704. The van der Waals surface area contributed by atoms with Crippen molar-refractivity contribution in [1.29, 1.82) is 0 Å². The lowest BCUT2D eigenvalue weighted by Gasteiger charge is -2.05. The maximum atomic E-state index is 5.80. The number of hydrogen-bond donors (Lipinski definition) is 2. The van der Waals surface area contributed by atoms with E-state index in [0.717, 1.165) is 18.7 Å². The third kappa shape index (κ3) is 3.54. The van der Waals surface area contributed by atoms with Gasteiger partial charge >= 0.3 is 0 Å². The van der Waals surface area contributed by atoms with Crippen LogP contribution in [0.5, 0.6) is 0 Å². The fraction of sp³-hybridized carbons (Fsp3) is 0.333. The summed E-state index contributed by atoms with van der Waals surface area (Å²) in [5, 5.41) is 10.5. The van der Waals surface area contributed by atoms with Crippen molar-refractivity contribution < 1.29 is 0 Å². The molecule has 0 aromatic carbocycles. The van der Waals surface area contributed by atoms with Crippen LogP contribution in [0.4, 0.5) is 5.82 Å². The first kappa shape index (κ1) is 12.1. The Labute approximate surface area is 108 Å². The Kier molecular flexibility index (Phi) is 4.11. The molecule has 8 heteroatoms. The molecule has 0 fully saturated rings. The minimum Gasteiger partial charge on any atom is -0.367 e. The van der Waals surface area contributed by atoms with Gasteiger partial charge in [-0.2, -0.15) is 4.98 Å². The molecule has 2 rings (SSSR count). The summed E-state index contributed by atoms with van der Waals surface area (Å²) in [5.41, 5.74) is 0. The highest BCUT2D eigenvalue weighted by atomic mass is 35.5. The molecule has 0 saturated heterocycles. The van der Waals surface area contributed by atoms with Gasteiger partial charge in [0.05, 0.1) is 0 Å². The lowest BCUT2D eigenvalue weighted by Crippen LogP contribution is -2.07. The maximum Gasteiger partial charge on any atom is 0.245 e. The molecule has 0 spiro atoms. The maximum absolute atomic E-state index is 5.80. The van der Waals surface area contributed by atoms with Crippen molar-refractivity contribution in [3.05, 3.63) is 28.7 Å². The predicted octanol–water partition coefficient (Wildman–Crippen LogP) is 1.95. The third-order valence-corrected chi connectivity index (χ3v) is 2.47. The number of aryl methyl sites for hydroxylation is 1. The second-order valence-corrected chi connectivity index (χ2v) is 3.98. The topological polar surface area (TPSA) is 79.4 Å². The number of halogens is 2. The Morgan fingerprint density at radius 1 is 1.29 bits per heavy atom. The van der Waals surface area contributed by atoms with Crippen LogP contribution in [0.1, 0.15) is 12.2 Å². The molecule has 0 radical (unpaired) electrons.